The van der Waals surface area contributed by atoms with Crippen molar-refractivity contribution in [2.24, 2.45) is 5.84 Å². The number of rotatable bonds is 2. The second kappa shape index (κ2) is 5.38. The minimum Gasteiger partial charge on any atom is -0.370 e. The zero-order valence-corrected chi connectivity index (χ0v) is 10.5. The number of hydrogen-bond acceptors (Lipinski definition) is 4. The predicted molar refractivity (Wildman–Crippen MR) is 70.7 cm³/mol. The first-order valence-electron chi connectivity index (χ1n) is 5.35. The predicted octanol–water partition coefficient (Wildman–Crippen LogP) is 0.780. The number of hydrogen-bond donors (Lipinski definition) is 2. The number of anilines is 2. The minimum atomic E-state index is -0.551. The molecular formula is C11H13N3O3S. The molecule has 2 N–H and O–H groups in total. The van der Waals surface area contributed by atoms with Crippen molar-refractivity contribution in [1.29, 1.82) is 0 Å². The van der Waals surface area contributed by atoms with E-state index in [0.717, 1.165) is 10.7 Å². The lowest BCUT2D eigenvalue weighted by Crippen LogP contribution is -2.41. The van der Waals surface area contributed by atoms with Gasteiger partial charge < -0.3 is 9.64 Å². The molecule has 18 heavy (non-hydrogen) atoms. The zero-order valence-electron chi connectivity index (χ0n) is 9.57. The van der Waals surface area contributed by atoms with Gasteiger partial charge in [0.15, 0.2) is 0 Å². The van der Waals surface area contributed by atoms with Crippen molar-refractivity contribution >= 4 is 35.1 Å². The highest BCUT2D eigenvalue weighted by Gasteiger charge is 2.20. The Kier molecular flexibility index (Phi) is 3.85. The Morgan fingerprint density at radius 3 is 2.61 bits per heavy atom. The summed E-state index contributed by atoms with van der Waals surface area (Å²) in [5.74, 6) is 5.42. The number of amides is 2. The van der Waals surface area contributed by atoms with Crippen molar-refractivity contribution in [2.75, 3.05) is 29.7 Å². The third kappa shape index (κ3) is 2.63. The average Bonchev–Trinajstić information content (AvgIpc) is 2.38. The summed E-state index contributed by atoms with van der Waals surface area (Å²) in [7, 11) is 0. The van der Waals surface area contributed by atoms with E-state index in [2.05, 4.69) is 12.6 Å². The van der Waals surface area contributed by atoms with Crippen molar-refractivity contribution in [1.82, 2.24) is 0 Å². The van der Waals surface area contributed by atoms with E-state index in [4.69, 9.17) is 10.6 Å². The lowest BCUT2D eigenvalue weighted by atomic mass is 10.2. The summed E-state index contributed by atoms with van der Waals surface area (Å²) in [5, 5.41) is 0.374. The molecule has 6 nitrogen and oxygen atoms in total. The Labute approximate surface area is 110 Å². The largest absolute Gasteiger partial charge is 0.370 e. The van der Waals surface area contributed by atoms with Gasteiger partial charge in [-0.3, -0.25) is 9.59 Å². The molecule has 7 heteroatoms. The van der Waals surface area contributed by atoms with Gasteiger partial charge in [0.25, 0.3) is 11.1 Å². The van der Waals surface area contributed by atoms with Crippen LogP contribution in [0.15, 0.2) is 24.3 Å². The topological polar surface area (TPSA) is 75.9 Å². The molecule has 1 aliphatic rings. The van der Waals surface area contributed by atoms with E-state index in [0.29, 0.717) is 18.8 Å². The molecule has 1 fully saturated rings. The Morgan fingerprint density at radius 2 is 2.06 bits per heavy atom. The molecule has 96 valence electrons. The molecule has 0 bridgehead atoms. The highest BCUT2D eigenvalue weighted by atomic mass is 32.1. The van der Waals surface area contributed by atoms with Crippen molar-refractivity contribution < 1.29 is 14.3 Å². The molecule has 0 aromatic heterocycles. The summed E-state index contributed by atoms with van der Waals surface area (Å²) in [5.41, 5.74) is 1.27. The maximum absolute atomic E-state index is 11.6. The van der Waals surface area contributed by atoms with Crippen LogP contribution in [0.4, 0.5) is 16.2 Å². The van der Waals surface area contributed by atoms with Gasteiger partial charge in [0.05, 0.1) is 12.3 Å². The maximum atomic E-state index is 11.6. The first-order chi connectivity index (χ1) is 8.59. The van der Waals surface area contributed by atoms with Crippen LogP contribution in [0.1, 0.15) is 0 Å². The van der Waals surface area contributed by atoms with Gasteiger partial charge in [0.2, 0.25) is 0 Å². The standard InChI is InChI=1S/C11H13N3O3S/c12-14(11(16)18)9-3-1-8(2-4-9)13-5-6-17-7-10(13)15/h1-4H,5-7,12H2,(H,16,18). The first kappa shape index (κ1) is 12.9. The number of carbonyl (C=O) groups excluding carboxylic acids is 2. The third-order valence-corrected chi connectivity index (χ3v) is 2.85. The Balaban J connectivity index is 2.16. The summed E-state index contributed by atoms with van der Waals surface area (Å²) in [6.45, 7) is 1.14. The SMILES string of the molecule is NN(C(=O)S)c1ccc(N2CCOCC2=O)cc1. The number of morpholine rings is 1. The van der Waals surface area contributed by atoms with Crippen LogP contribution >= 0.6 is 12.6 Å². The summed E-state index contributed by atoms with van der Waals surface area (Å²) < 4.78 is 5.05. The maximum Gasteiger partial charge on any atom is 0.297 e. The lowest BCUT2D eigenvalue weighted by molar-refractivity contribution is -0.125. The number of thiol groups is 1. The van der Waals surface area contributed by atoms with Gasteiger partial charge in [0, 0.05) is 12.2 Å². The number of ether oxygens (including phenoxy) is 1. The molecule has 0 spiro atoms. The normalized spacial score (nSPS) is 15.7. The molecular weight excluding hydrogens is 254 g/mol. The summed E-state index contributed by atoms with van der Waals surface area (Å²) in [4.78, 5) is 24.2. The summed E-state index contributed by atoms with van der Waals surface area (Å²) >= 11 is 3.63. The quantitative estimate of drug-likeness (QED) is 0.359. The number of benzene rings is 1. The Hall–Kier alpha value is -1.57. The number of nitrogens with two attached hydrogens (primary N) is 1. The smallest absolute Gasteiger partial charge is 0.297 e. The Bertz CT molecular complexity index is 463. The molecule has 2 rings (SSSR count). The fourth-order valence-electron chi connectivity index (χ4n) is 1.69. The van der Waals surface area contributed by atoms with E-state index in [1.54, 1.807) is 29.2 Å². The molecule has 1 aromatic rings. The lowest BCUT2D eigenvalue weighted by Gasteiger charge is -2.27. The van der Waals surface area contributed by atoms with Crippen LogP contribution in [0.3, 0.4) is 0 Å². The fraction of sp³-hybridized carbons (Fsp3) is 0.273. The van der Waals surface area contributed by atoms with Gasteiger partial charge >= 0.3 is 0 Å². The summed E-state index contributed by atoms with van der Waals surface area (Å²) in [6, 6.07) is 6.78. The van der Waals surface area contributed by atoms with Gasteiger partial charge in [-0.1, -0.05) is 12.6 Å². The zero-order chi connectivity index (χ0) is 13.1. The minimum absolute atomic E-state index is 0.0797. The van der Waals surface area contributed by atoms with Crippen molar-refractivity contribution in [3.05, 3.63) is 24.3 Å². The van der Waals surface area contributed by atoms with Crippen LogP contribution < -0.4 is 15.8 Å². The average molecular weight is 267 g/mol. The van der Waals surface area contributed by atoms with E-state index < -0.39 is 5.24 Å². The highest BCUT2D eigenvalue weighted by molar-refractivity contribution is 7.96. The molecule has 2 amide bonds. The van der Waals surface area contributed by atoms with Crippen LogP contribution in [0.25, 0.3) is 0 Å². The molecule has 0 unspecified atom stereocenters. The molecule has 1 aliphatic heterocycles. The van der Waals surface area contributed by atoms with E-state index in [1.165, 1.54) is 0 Å². The van der Waals surface area contributed by atoms with Gasteiger partial charge in [0.1, 0.15) is 6.61 Å². The van der Waals surface area contributed by atoms with Crippen molar-refractivity contribution in [3.63, 3.8) is 0 Å². The van der Waals surface area contributed by atoms with E-state index in [-0.39, 0.29) is 12.5 Å². The monoisotopic (exact) mass is 267 g/mol. The molecule has 1 heterocycles. The fourth-order valence-corrected chi connectivity index (χ4v) is 1.81. The van der Waals surface area contributed by atoms with E-state index >= 15 is 0 Å². The number of carbonyl (C=O) groups is 2. The molecule has 1 aromatic carbocycles. The van der Waals surface area contributed by atoms with Crippen LogP contribution in [0.5, 0.6) is 0 Å². The molecule has 0 saturated carbocycles. The van der Waals surface area contributed by atoms with Gasteiger partial charge in [-0.25, -0.2) is 10.9 Å². The third-order valence-electron chi connectivity index (χ3n) is 2.63. The van der Waals surface area contributed by atoms with Crippen LogP contribution in [-0.4, -0.2) is 30.9 Å². The second-order valence-corrected chi connectivity index (χ2v) is 4.15. The number of nitrogens with zero attached hydrogens (tertiary/aromatic N) is 2. The first-order valence-corrected chi connectivity index (χ1v) is 5.80. The molecule has 0 radical (unpaired) electrons. The highest BCUT2D eigenvalue weighted by Crippen LogP contribution is 2.21. The van der Waals surface area contributed by atoms with Gasteiger partial charge in [-0.2, -0.15) is 0 Å². The van der Waals surface area contributed by atoms with Crippen LogP contribution in [-0.2, 0) is 9.53 Å². The van der Waals surface area contributed by atoms with Crippen molar-refractivity contribution in [2.45, 2.75) is 0 Å². The second-order valence-electron chi connectivity index (χ2n) is 3.77. The van der Waals surface area contributed by atoms with E-state index in [9.17, 15) is 9.59 Å². The molecule has 1 saturated heterocycles. The van der Waals surface area contributed by atoms with E-state index in [1.807, 2.05) is 0 Å². The van der Waals surface area contributed by atoms with Crippen LogP contribution in [0.2, 0.25) is 0 Å². The summed E-state index contributed by atoms with van der Waals surface area (Å²) in [6.07, 6.45) is 0. The Morgan fingerprint density at radius 1 is 1.39 bits per heavy atom. The molecule has 0 atom stereocenters. The van der Waals surface area contributed by atoms with Crippen LogP contribution in [0, 0.1) is 0 Å². The molecule has 0 aliphatic carbocycles. The van der Waals surface area contributed by atoms with Gasteiger partial charge in [-0.15, -0.1) is 0 Å². The van der Waals surface area contributed by atoms with Gasteiger partial charge in [-0.05, 0) is 24.3 Å². The number of hydrazine groups is 1. The van der Waals surface area contributed by atoms with Crippen molar-refractivity contribution in [3.8, 4) is 0 Å².